The lowest BCUT2D eigenvalue weighted by molar-refractivity contribution is -0.0684. The Labute approximate surface area is 129 Å². The molecule has 118 valence electrons. The first-order chi connectivity index (χ1) is 9.76. The van der Waals surface area contributed by atoms with Crippen molar-refractivity contribution in [3.63, 3.8) is 0 Å². The first-order valence-electron chi connectivity index (χ1n) is 6.94. The van der Waals surface area contributed by atoms with E-state index in [0.717, 1.165) is 5.75 Å². The molecule has 0 bridgehead atoms. The zero-order valence-corrected chi connectivity index (χ0v) is 14.0. The first kappa shape index (κ1) is 16.3. The monoisotopic (exact) mass is 313 g/mol. The topological polar surface area (TPSA) is 56.6 Å². The summed E-state index contributed by atoms with van der Waals surface area (Å²) in [5, 5.41) is 0. The minimum Gasteiger partial charge on any atom is -0.372 e. The SMILES string of the molecule is CN(C)c1ccn([C@@H]2CS[C@H](COC(C)(C)C)O2)c(=O)n1. The summed E-state index contributed by atoms with van der Waals surface area (Å²) in [5.74, 6) is 1.37. The van der Waals surface area contributed by atoms with E-state index in [4.69, 9.17) is 9.47 Å². The van der Waals surface area contributed by atoms with Crippen molar-refractivity contribution < 1.29 is 9.47 Å². The van der Waals surface area contributed by atoms with Crippen LogP contribution in [0.25, 0.3) is 0 Å². The lowest BCUT2D eigenvalue weighted by Gasteiger charge is -2.22. The number of hydrogen-bond acceptors (Lipinski definition) is 6. The molecular formula is C14H23N3O3S. The Bertz CT molecular complexity index is 539. The van der Waals surface area contributed by atoms with Gasteiger partial charge in [-0.2, -0.15) is 4.98 Å². The van der Waals surface area contributed by atoms with Crippen molar-refractivity contribution >= 4 is 17.6 Å². The summed E-state index contributed by atoms with van der Waals surface area (Å²) in [6.07, 6.45) is 1.46. The molecular weight excluding hydrogens is 290 g/mol. The number of nitrogens with zero attached hydrogens (tertiary/aromatic N) is 3. The van der Waals surface area contributed by atoms with E-state index in [2.05, 4.69) is 4.98 Å². The van der Waals surface area contributed by atoms with Gasteiger partial charge in [-0.25, -0.2) is 4.79 Å². The van der Waals surface area contributed by atoms with Crippen LogP contribution in [0.4, 0.5) is 5.82 Å². The van der Waals surface area contributed by atoms with Crippen LogP contribution in [-0.4, -0.2) is 47.0 Å². The van der Waals surface area contributed by atoms with E-state index in [1.54, 1.807) is 22.9 Å². The summed E-state index contributed by atoms with van der Waals surface area (Å²) in [6, 6.07) is 1.81. The third-order valence-electron chi connectivity index (χ3n) is 2.97. The second-order valence-electron chi connectivity index (χ2n) is 6.15. The molecule has 1 fully saturated rings. The summed E-state index contributed by atoms with van der Waals surface area (Å²) < 4.78 is 13.1. The predicted molar refractivity (Wildman–Crippen MR) is 84.9 cm³/mol. The van der Waals surface area contributed by atoms with Crippen LogP contribution in [0.15, 0.2) is 17.1 Å². The highest BCUT2D eigenvalue weighted by atomic mass is 32.2. The third kappa shape index (κ3) is 4.46. The van der Waals surface area contributed by atoms with Crippen LogP contribution >= 0.6 is 11.8 Å². The second kappa shape index (κ2) is 6.37. The number of anilines is 1. The molecule has 2 rings (SSSR count). The zero-order valence-electron chi connectivity index (χ0n) is 13.2. The molecule has 0 N–H and O–H groups in total. The molecule has 1 aromatic heterocycles. The molecule has 2 heterocycles. The van der Waals surface area contributed by atoms with Crippen molar-refractivity contribution in [2.75, 3.05) is 31.4 Å². The Hall–Kier alpha value is -1.05. The second-order valence-corrected chi connectivity index (χ2v) is 7.34. The van der Waals surface area contributed by atoms with Crippen LogP contribution in [0.3, 0.4) is 0 Å². The summed E-state index contributed by atoms with van der Waals surface area (Å²) in [6.45, 7) is 6.55. The summed E-state index contributed by atoms with van der Waals surface area (Å²) in [7, 11) is 3.71. The van der Waals surface area contributed by atoms with Gasteiger partial charge in [-0.15, -0.1) is 11.8 Å². The Kier molecular flexibility index (Phi) is 4.95. The Morgan fingerprint density at radius 2 is 2.24 bits per heavy atom. The fraction of sp³-hybridized carbons (Fsp3) is 0.714. The maximum absolute atomic E-state index is 12.1. The van der Waals surface area contributed by atoms with Gasteiger partial charge in [-0.1, -0.05) is 0 Å². The molecule has 0 unspecified atom stereocenters. The zero-order chi connectivity index (χ0) is 15.6. The van der Waals surface area contributed by atoms with E-state index in [1.165, 1.54) is 4.57 Å². The van der Waals surface area contributed by atoms with Gasteiger partial charge in [0.2, 0.25) is 0 Å². The number of thioether (sulfide) groups is 1. The van der Waals surface area contributed by atoms with Gasteiger partial charge in [0.1, 0.15) is 17.5 Å². The van der Waals surface area contributed by atoms with E-state index < -0.39 is 0 Å². The smallest absolute Gasteiger partial charge is 0.351 e. The number of hydrogen-bond donors (Lipinski definition) is 0. The first-order valence-corrected chi connectivity index (χ1v) is 7.99. The standard InChI is InChI=1S/C14H23N3O3S/c1-14(2,3)19-8-12-20-11(9-21-12)17-7-6-10(16(4)5)15-13(17)18/h6-7,11-12H,8-9H2,1-5H3/t11-,12+/m0/s1. The maximum atomic E-state index is 12.1. The van der Waals surface area contributed by atoms with E-state index in [1.807, 2.05) is 40.9 Å². The van der Waals surface area contributed by atoms with Crippen LogP contribution in [0.1, 0.15) is 27.0 Å². The van der Waals surface area contributed by atoms with Crippen molar-refractivity contribution in [1.29, 1.82) is 0 Å². The van der Waals surface area contributed by atoms with Crippen molar-refractivity contribution in [2.45, 2.75) is 38.0 Å². The number of aromatic nitrogens is 2. The van der Waals surface area contributed by atoms with Gasteiger partial charge in [0.15, 0.2) is 0 Å². The van der Waals surface area contributed by atoms with Crippen molar-refractivity contribution in [2.24, 2.45) is 0 Å². The summed E-state index contributed by atoms with van der Waals surface area (Å²) in [5.41, 5.74) is -0.521. The average Bonchev–Trinajstić information content (AvgIpc) is 2.84. The fourth-order valence-corrected chi connectivity index (χ4v) is 2.86. The minimum atomic E-state index is -0.288. The van der Waals surface area contributed by atoms with Crippen molar-refractivity contribution in [3.05, 3.63) is 22.7 Å². The Balaban J connectivity index is 2.00. The lowest BCUT2D eigenvalue weighted by atomic mass is 10.2. The van der Waals surface area contributed by atoms with E-state index >= 15 is 0 Å². The molecule has 1 aromatic rings. The minimum absolute atomic E-state index is 0.0466. The lowest BCUT2D eigenvalue weighted by Crippen LogP contribution is -2.30. The largest absolute Gasteiger partial charge is 0.372 e. The molecule has 6 nitrogen and oxygen atoms in total. The molecule has 0 spiro atoms. The quantitative estimate of drug-likeness (QED) is 0.843. The van der Waals surface area contributed by atoms with Gasteiger partial charge in [0.25, 0.3) is 0 Å². The van der Waals surface area contributed by atoms with Crippen LogP contribution < -0.4 is 10.6 Å². The van der Waals surface area contributed by atoms with Gasteiger partial charge in [-0.05, 0) is 26.8 Å². The number of ether oxygens (including phenoxy) is 2. The molecule has 0 radical (unpaired) electrons. The van der Waals surface area contributed by atoms with Crippen molar-refractivity contribution in [1.82, 2.24) is 9.55 Å². The van der Waals surface area contributed by atoms with Gasteiger partial charge in [0, 0.05) is 26.0 Å². The molecule has 1 saturated heterocycles. The van der Waals surface area contributed by atoms with Crippen LogP contribution in [0.2, 0.25) is 0 Å². The van der Waals surface area contributed by atoms with E-state index in [9.17, 15) is 4.79 Å². The van der Waals surface area contributed by atoms with Gasteiger partial charge in [0.05, 0.1) is 12.2 Å². The highest BCUT2D eigenvalue weighted by Gasteiger charge is 2.29. The molecule has 0 amide bonds. The predicted octanol–water partition coefficient (Wildman–Crippen LogP) is 1.71. The molecule has 21 heavy (non-hydrogen) atoms. The molecule has 0 aromatic carbocycles. The van der Waals surface area contributed by atoms with Crippen molar-refractivity contribution in [3.8, 4) is 0 Å². The summed E-state index contributed by atoms with van der Waals surface area (Å²) in [4.78, 5) is 17.9. The normalized spacial score (nSPS) is 22.5. The number of rotatable bonds is 4. The third-order valence-corrected chi connectivity index (χ3v) is 4.07. The average molecular weight is 313 g/mol. The van der Waals surface area contributed by atoms with Gasteiger partial charge in [-0.3, -0.25) is 4.57 Å². The molecule has 0 aliphatic carbocycles. The maximum Gasteiger partial charge on any atom is 0.351 e. The summed E-state index contributed by atoms with van der Waals surface area (Å²) >= 11 is 1.66. The molecule has 2 atom stereocenters. The highest BCUT2D eigenvalue weighted by Crippen LogP contribution is 2.31. The van der Waals surface area contributed by atoms with Crippen LogP contribution in [-0.2, 0) is 9.47 Å². The van der Waals surface area contributed by atoms with Crippen LogP contribution in [0.5, 0.6) is 0 Å². The molecule has 1 aliphatic rings. The Morgan fingerprint density at radius 1 is 1.52 bits per heavy atom. The van der Waals surface area contributed by atoms with Gasteiger partial charge >= 0.3 is 5.69 Å². The fourth-order valence-electron chi connectivity index (χ4n) is 1.87. The molecule has 1 aliphatic heterocycles. The molecule has 0 saturated carbocycles. The van der Waals surface area contributed by atoms with Gasteiger partial charge < -0.3 is 14.4 Å². The molecule has 7 heteroatoms. The van der Waals surface area contributed by atoms with E-state index in [0.29, 0.717) is 12.4 Å². The highest BCUT2D eigenvalue weighted by molar-refractivity contribution is 8.00. The van der Waals surface area contributed by atoms with E-state index in [-0.39, 0.29) is 23.0 Å². The Morgan fingerprint density at radius 3 is 2.81 bits per heavy atom. The van der Waals surface area contributed by atoms with Crippen LogP contribution in [0, 0.1) is 0 Å².